The van der Waals surface area contributed by atoms with E-state index >= 15 is 0 Å². The molecule has 1 heterocycles. The minimum Gasteiger partial charge on any atom is -0.332 e. The Bertz CT molecular complexity index is 762. The van der Waals surface area contributed by atoms with Gasteiger partial charge in [0.15, 0.2) is 0 Å². The summed E-state index contributed by atoms with van der Waals surface area (Å²) >= 11 is 1.58. The van der Waals surface area contributed by atoms with Crippen LogP contribution >= 0.6 is 11.3 Å². The molecule has 0 saturated carbocycles. The summed E-state index contributed by atoms with van der Waals surface area (Å²) < 4.78 is 13.2. The monoisotopic (exact) mass is 405 g/mol. The maximum Gasteiger partial charge on any atom is 0.320 e. The molecule has 0 saturated heterocycles. The molecule has 1 aromatic carbocycles. The lowest BCUT2D eigenvalue weighted by Gasteiger charge is -2.33. The van der Waals surface area contributed by atoms with Crippen molar-refractivity contribution in [1.82, 2.24) is 14.7 Å². The van der Waals surface area contributed by atoms with Crippen LogP contribution in [0.4, 0.5) is 9.18 Å². The Kier molecular flexibility index (Phi) is 7.99. The SMILES string of the molecule is CC[C@H](C)N(CC(=O)N(Cc1ccc(F)cc1)Cc1cccs1)C(=O)N(C)C. The van der Waals surface area contributed by atoms with Gasteiger partial charge < -0.3 is 14.7 Å². The maximum absolute atomic E-state index is 13.2. The first kappa shape index (κ1) is 21.9. The molecule has 28 heavy (non-hydrogen) atoms. The number of rotatable bonds is 8. The molecular weight excluding hydrogens is 377 g/mol. The van der Waals surface area contributed by atoms with Crippen molar-refractivity contribution in [2.75, 3.05) is 20.6 Å². The highest BCUT2D eigenvalue weighted by Crippen LogP contribution is 2.16. The van der Waals surface area contributed by atoms with Crippen molar-refractivity contribution in [2.24, 2.45) is 0 Å². The van der Waals surface area contributed by atoms with Crippen LogP contribution in [0.5, 0.6) is 0 Å². The molecule has 3 amide bonds. The Balaban J connectivity index is 2.20. The molecule has 0 aliphatic carbocycles. The van der Waals surface area contributed by atoms with Gasteiger partial charge in [0.1, 0.15) is 12.4 Å². The summed E-state index contributed by atoms with van der Waals surface area (Å²) in [4.78, 5) is 31.6. The van der Waals surface area contributed by atoms with Gasteiger partial charge in [-0.2, -0.15) is 0 Å². The lowest BCUT2D eigenvalue weighted by molar-refractivity contribution is -0.133. The summed E-state index contributed by atoms with van der Waals surface area (Å²) in [5.74, 6) is -0.437. The van der Waals surface area contributed by atoms with Gasteiger partial charge in [0.05, 0.1) is 6.54 Å². The first-order chi connectivity index (χ1) is 13.3. The van der Waals surface area contributed by atoms with E-state index in [0.29, 0.717) is 13.1 Å². The molecule has 2 aromatic rings. The zero-order valence-corrected chi connectivity index (χ0v) is 17.7. The lowest BCUT2D eigenvalue weighted by atomic mass is 10.2. The highest BCUT2D eigenvalue weighted by Gasteiger charge is 2.26. The Morgan fingerprint density at radius 2 is 1.79 bits per heavy atom. The van der Waals surface area contributed by atoms with Gasteiger partial charge in [0.2, 0.25) is 5.91 Å². The second-order valence-corrected chi connectivity index (χ2v) is 8.05. The Morgan fingerprint density at radius 1 is 1.11 bits per heavy atom. The number of carbonyl (C=O) groups is 2. The second-order valence-electron chi connectivity index (χ2n) is 7.02. The van der Waals surface area contributed by atoms with Crippen molar-refractivity contribution in [2.45, 2.75) is 39.4 Å². The minimum absolute atomic E-state index is 0.0125. The minimum atomic E-state index is -0.306. The second kappa shape index (κ2) is 10.2. The molecule has 0 bridgehead atoms. The number of amides is 3. The average Bonchev–Trinajstić information content (AvgIpc) is 3.19. The number of carbonyl (C=O) groups excluding carboxylic acids is 2. The van der Waals surface area contributed by atoms with Crippen LogP contribution in [-0.2, 0) is 17.9 Å². The Morgan fingerprint density at radius 3 is 2.32 bits per heavy atom. The Labute approximate surface area is 170 Å². The van der Waals surface area contributed by atoms with Crippen LogP contribution in [0.25, 0.3) is 0 Å². The molecule has 0 fully saturated rings. The van der Waals surface area contributed by atoms with E-state index in [1.807, 2.05) is 31.4 Å². The summed E-state index contributed by atoms with van der Waals surface area (Å²) in [5.41, 5.74) is 0.848. The van der Waals surface area contributed by atoms with Gasteiger partial charge in [-0.25, -0.2) is 9.18 Å². The fourth-order valence-corrected chi connectivity index (χ4v) is 3.49. The quantitative estimate of drug-likeness (QED) is 0.661. The van der Waals surface area contributed by atoms with Crippen molar-refractivity contribution in [3.8, 4) is 0 Å². The topological polar surface area (TPSA) is 43.9 Å². The number of benzene rings is 1. The van der Waals surface area contributed by atoms with Gasteiger partial charge in [0.25, 0.3) is 0 Å². The van der Waals surface area contributed by atoms with Gasteiger partial charge in [-0.05, 0) is 42.5 Å². The van der Waals surface area contributed by atoms with Crippen molar-refractivity contribution in [3.63, 3.8) is 0 Å². The van der Waals surface area contributed by atoms with E-state index in [9.17, 15) is 14.0 Å². The van der Waals surface area contributed by atoms with Gasteiger partial charge in [-0.1, -0.05) is 25.1 Å². The van der Waals surface area contributed by atoms with Crippen LogP contribution in [0, 0.1) is 5.82 Å². The van der Waals surface area contributed by atoms with Crippen LogP contribution < -0.4 is 0 Å². The van der Waals surface area contributed by atoms with Gasteiger partial charge >= 0.3 is 6.03 Å². The van der Waals surface area contributed by atoms with Crippen molar-refractivity contribution in [1.29, 1.82) is 0 Å². The molecular formula is C21H28FN3O2S. The number of hydrogen-bond donors (Lipinski definition) is 0. The molecule has 5 nitrogen and oxygen atoms in total. The normalized spacial score (nSPS) is 11.8. The molecule has 1 atom stereocenters. The van der Waals surface area contributed by atoms with E-state index in [4.69, 9.17) is 0 Å². The summed E-state index contributed by atoms with van der Waals surface area (Å²) in [7, 11) is 3.37. The highest BCUT2D eigenvalue weighted by atomic mass is 32.1. The third-order valence-electron chi connectivity index (χ3n) is 4.62. The van der Waals surface area contributed by atoms with E-state index in [-0.39, 0.29) is 30.3 Å². The first-order valence-electron chi connectivity index (χ1n) is 9.34. The predicted octanol–water partition coefficient (Wildman–Crippen LogP) is 4.20. The molecule has 0 aliphatic heterocycles. The number of hydrogen-bond acceptors (Lipinski definition) is 3. The molecule has 1 aromatic heterocycles. The van der Waals surface area contributed by atoms with Gasteiger partial charge in [0, 0.05) is 31.6 Å². The number of halogens is 1. The summed E-state index contributed by atoms with van der Waals surface area (Å²) in [6, 6.07) is 9.85. The third kappa shape index (κ3) is 6.05. The van der Waals surface area contributed by atoms with Crippen LogP contribution in [0.3, 0.4) is 0 Å². The molecule has 0 spiro atoms. The standard InChI is InChI=1S/C21H28FN3O2S/c1-5-16(2)25(21(27)23(3)4)15-20(26)24(14-19-7-6-12-28-19)13-17-8-10-18(22)11-9-17/h6-12,16H,5,13-15H2,1-4H3/t16-/m0/s1. The van der Waals surface area contributed by atoms with Gasteiger partial charge in [-0.3, -0.25) is 4.79 Å². The molecule has 0 unspecified atom stereocenters. The van der Waals surface area contributed by atoms with Gasteiger partial charge in [-0.15, -0.1) is 11.3 Å². The zero-order valence-electron chi connectivity index (χ0n) is 16.9. The fourth-order valence-electron chi connectivity index (χ4n) is 2.77. The number of urea groups is 1. The lowest BCUT2D eigenvalue weighted by Crippen LogP contribution is -2.49. The van der Waals surface area contributed by atoms with E-state index in [0.717, 1.165) is 16.9 Å². The van der Waals surface area contributed by atoms with Crippen molar-refractivity contribution >= 4 is 23.3 Å². The molecule has 2 rings (SSSR count). The first-order valence-corrected chi connectivity index (χ1v) is 10.2. The molecule has 152 valence electrons. The van der Waals surface area contributed by atoms with Crippen LogP contribution in [-0.4, -0.2) is 53.3 Å². The third-order valence-corrected chi connectivity index (χ3v) is 5.48. The highest BCUT2D eigenvalue weighted by molar-refractivity contribution is 7.09. The predicted molar refractivity (Wildman–Crippen MR) is 111 cm³/mol. The zero-order chi connectivity index (χ0) is 20.7. The number of nitrogens with zero attached hydrogens (tertiary/aromatic N) is 3. The maximum atomic E-state index is 13.2. The van der Waals surface area contributed by atoms with Crippen LogP contribution in [0.1, 0.15) is 30.7 Å². The van der Waals surface area contributed by atoms with Crippen LogP contribution in [0.15, 0.2) is 41.8 Å². The molecule has 0 radical (unpaired) electrons. The van der Waals surface area contributed by atoms with E-state index < -0.39 is 0 Å². The Hall–Kier alpha value is -2.41. The number of thiophene rings is 1. The van der Waals surface area contributed by atoms with Crippen molar-refractivity contribution < 1.29 is 14.0 Å². The smallest absolute Gasteiger partial charge is 0.320 e. The fraction of sp³-hybridized carbons (Fsp3) is 0.429. The average molecular weight is 406 g/mol. The van der Waals surface area contributed by atoms with Crippen LogP contribution in [0.2, 0.25) is 0 Å². The van der Waals surface area contributed by atoms with E-state index in [1.165, 1.54) is 17.0 Å². The largest absolute Gasteiger partial charge is 0.332 e. The summed E-state index contributed by atoms with van der Waals surface area (Å²) in [5, 5.41) is 1.97. The molecule has 0 N–H and O–H groups in total. The molecule has 0 aliphatic rings. The van der Waals surface area contributed by atoms with E-state index in [1.54, 1.807) is 47.4 Å². The van der Waals surface area contributed by atoms with Crippen molar-refractivity contribution in [3.05, 3.63) is 58.0 Å². The summed E-state index contributed by atoms with van der Waals surface area (Å²) in [6.07, 6.45) is 0.760. The summed E-state index contributed by atoms with van der Waals surface area (Å²) in [6.45, 7) is 4.77. The molecule has 7 heteroatoms. The van der Waals surface area contributed by atoms with E-state index in [2.05, 4.69) is 0 Å².